The van der Waals surface area contributed by atoms with E-state index in [4.69, 9.17) is 0 Å². The van der Waals surface area contributed by atoms with Gasteiger partial charge in [-0.25, -0.2) is 4.39 Å². The van der Waals surface area contributed by atoms with Gasteiger partial charge in [-0.2, -0.15) is 5.26 Å². The van der Waals surface area contributed by atoms with Crippen LogP contribution in [0, 0.1) is 17.1 Å². The van der Waals surface area contributed by atoms with Crippen molar-refractivity contribution in [3.63, 3.8) is 0 Å². The number of carbonyl (C=O) groups excluding carboxylic acids is 3. The lowest BCUT2D eigenvalue weighted by Crippen LogP contribution is -2.30. The van der Waals surface area contributed by atoms with Crippen LogP contribution in [0.5, 0.6) is 0 Å². The van der Waals surface area contributed by atoms with Crippen LogP contribution in [0.4, 0.5) is 15.1 Å². The first-order valence-corrected chi connectivity index (χ1v) is 18.3. The van der Waals surface area contributed by atoms with Crippen LogP contribution in [-0.4, -0.2) is 23.0 Å². The Balaban J connectivity index is 1.15. The number of anilines is 2. The first-order chi connectivity index (χ1) is 24.8. The molecule has 2 unspecified atom stereocenters. The van der Waals surface area contributed by atoms with E-state index in [1.807, 2.05) is 31.2 Å². The summed E-state index contributed by atoms with van der Waals surface area (Å²) in [4.78, 5) is 42.0. The summed E-state index contributed by atoms with van der Waals surface area (Å²) in [7, 11) is 0. The Bertz CT molecular complexity index is 2130. The number of carbonyl (C=O) groups is 3. The second-order valence-corrected chi connectivity index (χ2v) is 14.4. The highest BCUT2D eigenvalue weighted by Gasteiger charge is 2.28. The molecule has 2 atom stereocenters. The normalized spacial score (nSPS) is 14.5. The van der Waals surface area contributed by atoms with Gasteiger partial charge in [-0.3, -0.25) is 14.4 Å². The molecule has 1 heterocycles. The predicted molar refractivity (Wildman–Crippen MR) is 202 cm³/mol. The molecule has 0 saturated carbocycles. The van der Waals surface area contributed by atoms with Crippen molar-refractivity contribution < 1.29 is 18.8 Å². The average molecular weight is 715 g/mol. The van der Waals surface area contributed by atoms with Crippen molar-refractivity contribution in [3.05, 3.63) is 153 Å². The van der Waals surface area contributed by atoms with E-state index >= 15 is 0 Å². The molecular formula is C41H35FN4O3S2. The number of thiophene rings is 1. The van der Waals surface area contributed by atoms with E-state index in [0.29, 0.717) is 34.2 Å². The molecule has 1 aliphatic rings. The van der Waals surface area contributed by atoms with Crippen molar-refractivity contribution in [3.8, 4) is 6.07 Å². The topological polar surface area (TPSA) is 111 Å². The number of nitrogens with one attached hydrogen (secondary N) is 3. The fourth-order valence-corrected chi connectivity index (χ4v) is 8.31. The number of hydrogen-bond donors (Lipinski definition) is 3. The van der Waals surface area contributed by atoms with Gasteiger partial charge in [0.1, 0.15) is 22.6 Å². The third kappa shape index (κ3) is 8.63. The molecule has 3 amide bonds. The van der Waals surface area contributed by atoms with Gasteiger partial charge in [0.2, 0.25) is 5.91 Å². The van der Waals surface area contributed by atoms with Crippen molar-refractivity contribution in [2.45, 2.75) is 48.7 Å². The van der Waals surface area contributed by atoms with E-state index in [1.54, 1.807) is 60.7 Å². The van der Waals surface area contributed by atoms with Gasteiger partial charge in [-0.05, 0) is 85.2 Å². The SMILES string of the molecule is CCC(Sc1cccc(NC(=O)/C(=C/c2ccccc2F)NC(=O)c2ccccc2)c1)C(=O)Nc1sc2c(c1C#N)CCC(c1ccccc1)C2. The molecule has 10 heteroatoms. The number of benzene rings is 4. The summed E-state index contributed by atoms with van der Waals surface area (Å²) in [5.41, 5.74) is 3.65. The molecule has 3 N–H and O–H groups in total. The molecule has 0 aliphatic heterocycles. The smallest absolute Gasteiger partial charge is 0.272 e. The molecule has 0 fully saturated rings. The van der Waals surface area contributed by atoms with Crippen LogP contribution in [0.15, 0.2) is 120 Å². The van der Waals surface area contributed by atoms with E-state index < -0.39 is 22.9 Å². The molecular weight excluding hydrogens is 680 g/mol. The van der Waals surface area contributed by atoms with Gasteiger partial charge in [0.15, 0.2) is 0 Å². The second-order valence-electron chi connectivity index (χ2n) is 12.1. The zero-order valence-corrected chi connectivity index (χ0v) is 29.5. The van der Waals surface area contributed by atoms with Gasteiger partial charge in [-0.1, -0.05) is 79.7 Å². The Morgan fingerprint density at radius 3 is 2.41 bits per heavy atom. The summed E-state index contributed by atoms with van der Waals surface area (Å²) in [6.45, 7) is 1.92. The number of hydrogen-bond acceptors (Lipinski definition) is 6. The fraction of sp³-hybridized carbons (Fsp3) is 0.171. The average Bonchev–Trinajstić information content (AvgIpc) is 3.51. The molecule has 1 aromatic heterocycles. The van der Waals surface area contributed by atoms with Crippen LogP contribution < -0.4 is 16.0 Å². The van der Waals surface area contributed by atoms with E-state index in [1.165, 1.54) is 46.9 Å². The maximum Gasteiger partial charge on any atom is 0.272 e. The van der Waals surface area contributed by atoms with Crippen LogP contribution in [0.25, 0.3) is 6.08 Å². The lowest BCUT2D eigenvalue weighted by atomic mass is 9.83. The van der Waals surface area contributed by atoms with Crippen molar-refractivity contribution in [1.82, 2.24) is 5.32 Å². The molecule has 0 radical (unpaired) electrons. The van der Waals surface area contributed by atoms with Crippen LogP contribution in [-0.2, 0) is 22.4 Å². The van der Waals surface area contributed by atoms with Crippen LogP contribution in [0.3, 0.4) is 0 Å². The number of nitrogens with zero attached hydrogens (tertiary/aromatic N) is 1. The zero-order chi connectivity index (χ0) is 35.7. The monoisotopic (exact) mass is 714 g/mol. The van der Waals surface area contributed by atoms with Crippen LogP contribution in [0.2, 0.25) is 0 Å². The van der Waals surface area contributed by atoms with Gasteiger partial charge < -0.3 is 16.0 Å². The quantitative estimate of drug-likeness (QED) is 0.0935. The molecule has 256 valence electrons. The van der Waals surface area contributed by atoms with Crippen molar-refractivity contribution in [2.75, 3.05) is 10.6 Å². The molecule has 4 aromatic carbocycles. The molecule has 0 bridgehead atoms. The number of halogens is 1. The molecule has 0 spiro atoms. The summed E-state index contributed by atoms with van der Waals surface area (Å²) in [5.74, 6) is -1.53. The highest BCUT2D eigenvalue weighted by atomic mass is 32.2. The van der Waals surface area contributed by atoms with Gasteiger partial charge >= 0.3 is 0 Å². The predicted octanol–water partition coefficient (Wildman–Crippen LogP) is 8.95. The highest BCUT2D eigenvalue weighted by molar-refractivity contribution is 8.00. The van der Waals surface area contributed by atoms with Crippen molar-refractivity contribution in [1.29, 1.82) is 5.26 Å². The molecule has 1 aliphatic carbocycles. The number of thioether (sulfide) groups is 1. The Morgan fingerprint density at radius 1 is 0.961 bits per heavy atom. The number of fused-ring (bicyclic) bond motifs is 1. The van der Waals surface area contributed by atoms with E-state index in [9.17, 15) is 24.0 Å². The molecule has 6 rings (SSSR count). The summed E-state index contributed by atoms with van der Waals surface area (Å²) in [5, 5.41) is 18.7. The first-order valence-electron chi connectivity index (χ1n) is 16.6. The molecule has 7 nitrogen and oxygen atoms in total. The van der Waals surface area contributed by atoms with Gasteiger partial charge in [0.05, 0.1) is 10.8 Å². The molecule has 0 saturated heterocycles. The lowest BCUT2D eigenvalue weighted by Gasteiger charge is -2.22. The van der Waals surface area contributed by atoms with Crippen molar-refractivity contribution >= 4 is 57.6 Å². The standard InChI is InChI=1S/C41H35FN4O3S2/c1-2-36(40(49)46-41-33(25-43)32-21-20-28(23-37(32)51-41)26-12-5-3-6-13-26)50-31-18-11-17-30(24-31)44-39(48)35(22-29-16-9-10-19-34(29)42)45-38(47)27-14-7-4-8-15-27/h3-19,22,24,28,36H,2,20-21,23H2,1H3,(H,44,48)(H,45,47)(H,46,49)/b35-22-. The number of rotatable bonds is 11. The Morgan fingerprint density at radius 2 is 1.69 bits per heavy atom. The third-order valence-electron chi connectivity index (χ3n) is 8.65. The Kier molecular flexibility index (Phi) is 11.4. The maximum absolute atomic E-state index is 14.6. The summed E-state index contributed by atoms with van der Waals surface area (Å²) in [6, 6.07) is 34.2. The number of nitriles is 1. The second kappa shape index (κ2) is 16.5. The largest absolute Gasteiger partial charge is 0.321 e. The van der Waals surface area contributed by atoms with Crippen LogP contribution in [0.1, 0.15) is 63.2 Å². The molecule has 5 aromatic rings. The van der Waals surface area contributed by atoms with E-state index in [2.05, 4.69) is 34.2 Å². The zero-order valence-electron chi connectivity index (χ0n) is 27.8. The van der Waals surface area contributed by atoms with Gasteiger partial charge in [-0.15, -0.1) is 23.1 Å². The van der Waals surface area contributed by atoms with Gasteiger partial charge in [0.25, 0.3) is 11.8 Å². The lowest BCUT2D eigenvalue weighted by molar-refractivity contribution is -0.116. The van der Waals surface area contributed by atoms with Crippen LogP contribution >= 0.6 is 23.1 Å². The third-order valence-corrected chi connectivity index (χ3v) is 11.2. The molecule has 51 heavy (non-hydrogen) atoms. The fourth-order valence-electron chi connectivity index (χ4n) is 6.02. The van der Waals surface area contributed by atoms with Crippen molar-refractivity contribution in [2.24, 2.45) is 0 Å². The van der Waals surface area contributed by atoms with E-state index in [0.717, 1.165) is 34.6 Å². The minimum atomic E-state index is -0.644. The minimum Gasteiger partial charge on any atom is -0.321 e. The number of amides is 3. The Hall–Kier alpha value is -5.50. The maximum atomic E-state index is 14.6. The minimum absolute atomic E-state index is 0.138. The first kappa shape index (κ1) is 35.3. The summed E-state index contributed by atoms with van der Waals surface area (Å²) < 4.78 is 14.6. The van der Waals surface area contributed by atoms with E-state index in [-0.39, 0.29) is 17.2 Å². The van der Waals surface area contributed by atoms with Gasteiger partial charge in [0, 0.05) is 26.6 Å². The summed E-state index contributed by atoms with van der Waals surface area (Å²) in [6.07, 6.45) is 4.41. The summed E-state index contributed by atoms with van der Waals surface area (Å²) >= 11 is 2.84. The Labute approximate surface area is 304 Å². The highest BCUT2D eigenvalue weighted by Crippen LogP contribution is 2.42.